The molecule has 0 aliphatic rings. The number of aliphatic carboxylic acids is 1. The summed E-state index contributed by atoms with van der Waals surface area (Å²) >= 11 is 0. The summed E-state index contributed by atoms with van der Waals surface area (Å²) in [5.74, 6) is -0.775. The highest BCUT2D eigenvalue weighted by Gasteiger charge is 2.21. The van der Waals surface area contributed by atoms with Gasteiger partial charge < -0.3 is 10.0 Å². The number of amides is 1. The second kappa shape index (κ2) is 8.42. The van der Waals surface area contributed by atoms with Crippen LogP contribution >= 0.6 is 0 Å². The number of aromatic nitrogens is 1. The van der Waals surface area contributed by atoms with Gasteiger partial charge >= 0.3 is 5.97 Å². The highest BCUT2D eigenvalue weighted by Crippen LogP contribution is 2.25. The first kappa shape index (κ1) is 18.6. The largest absolute Gasteiger partial charge is 0.481 e. The van der Waals surface area contributed by atoms with Gasteiger partial charge in [0.15, 0.2) is 0 Å². The van der Waals surface area contributed by atoms with E-state index in [0.29, 0.717) is 12.1 Å². The van der Waals surface area contributed by atoms with Crippen molar-refractivity contribution in [3.63, 3.8) is 0 Å². The number of carbonyl (C=O) groups excluding carboxylic acids is 1. The molecule has 1 heterocycles. The Hall–Kier alpha value is -2.69. The summed E-state index contributed by atoms with van der Waals surface area (Å²) in [5, 5.41) is 8.95. The van der Waals surface area contributed by atoms with Crippen LogP contribution in [-0.2, 0) is 4.79 Å². The van der Waals surface area contributed by atoms with Crippen molar-refractivity contribution >= 4 is 11.9 Å². The Morgan fingerprint density at radius 3 is 2.52 bits per heavy atom. The van der Waals surface area contributed by atoms with Gasteiger partial charge in [-0.1, -0.05) is 32.0 Å². The Kier molecular flexibility index (Phi) is 6.28. The van der Waals surface area contributed by atoms with Gasteiger partial charge in [-0.2, -0.15) is 0 Å². The van der Waals surface area contributed by atoms with Crippen molar-refractivity contribution in [2.45, 2.75) is 27.2 Å². The maximum absolute atomic E-state index is 13.0. The van der Waals surface area contributed by atoms with Crippen LogP contribution in [0, 0.1) is 12.8 Å². The third kappa shape index (κ3) is 4.89. The predicted octanol–water partition coefficient (Wildman–Crippen LogP) is 3.63. The zero-order chi connectivity index (χ0) is 18.4. The van der Waals surface area contributed by atoms with Crippen LogP contribution in [0.3, 0.4) is 0 Å². The minimum Gasteiger partial charge on any atom is -0.481 e. The van der Waals surface area contributed by atoms with Crippen LogP contribution < -0.4 is 0 Å². The first-order valence-electron chi connectivity index (χ1n) is 8.42. The van der Waals surface area contributed by atoms with E-state index in [1.807, 2.05) is 51.1 Å². The monoisotopic (exact) mass is 340 g/mol. The van der Waals surface area contributed by atoms with Crippen LogP contribution in [0.2, 0.25) is 0 Å². The molecule has 0 spiro atoms. The molecule has 0 radical (unpaired) electrons. The maximum atomic E-state index is 13.0. The van der Waals surface area contributed by atoms with E-state index in [1.165, 1.54) is 0 Å². The number of benzene rings is 1. The van der Waals surface area contributed by atoms with Crippen molar-refractivity contribution in [3.8, 4) is 11.3 Å². The van der Waals surface area contributed by atoms with Crippen molar-refractivity contribution in [2.75, 3.05) is 13.1 Å². The van der Waals surface area contributed by atoms with Gasteiger partial charge in [-0.25, -0.2) is 0 Å². The average Bonchev–Trinajstić information content (AvgIpc) is 2.58. The molecule has 1 aromatic carbocycles. The number of carbonyl (C=O) groups is 2. The number of hydrogen-bond acceptors (Lipinski definition) is 3. The Balaban J connectivity index is 2.34. The highest BCUT2D eigenvalue weighted by atomic mass is 16.4. The lowest BCUT2D eigenvalue weighted by atomic mass is 9.98. The van der Waals surface area contributed by atoms with Gasteiger partial charge in [0.25, 0.3) is 5.91 Å². The van der Waals surface area contributed by atoms with E-state index in [1.54, 1.807) is 17.2 Å². The number of rotatable bonds is 7. The quantitative estimate of drug-likeness (QED) is 0.835. The van der Waals surface area contributed by atoms with Crippen LogP contribution in [0.25, 0.3) is 11.3 Å². The second-order valence-electron chi connectivity index (χ2n) is 6.48. The van der Waals surface area contributed by atoms with Gasteiger partial charge in [0.05, 0.1) is 12.1 Å². The molecular weight excluding hydrogens is 316 g/mol. The van der Waals surface area contributed by atoms with Crippen molar-refractivity contribution in [3.05, 3.63) is 53.7 Å². The smallest absolute Gasteiger partial charge is 0.305 e. The van der Waals surface area contributed by atoms with E-state index in [9.17, 15) is 9.59 Å². The lowest BCUT2D eigenvalue weighted by Crippen LogP contribution is -2.36. The molecule has 5 heteroatoms. The normalized spacial score (nSPS) is 10.7. The summed E-state index contributed by atoms with van der Waals surface area (Å²) < 4.78 is 0. The van der Waals surface area contributed by atoms with Gasteiger partial charge in [-0.05, 0) is 36.6 Å². The van der Waals surface area contributed by atoms with Crippen LogP contribution in [0.5, 0.6) is 0 Å². The molecule has 0 bridgehead atoms. The van der Waals surface area contributed by atoms with Crippen molar-refractivity contribution in [2.24, 2.45) is 5.92 Å². The van der Waals surface area contributed by atoms with Crippen LogP contribution in [0.15, 0.2) is 42.6 Å². The van der Waals surface area contributed by atoms with Crippen LogP contribution in [0.1, 0.15) is 36.2 Å². The fourth-order valence-electron chi connectivity index (χ4n) is 2.78. The van der Waals surface area contributed by atoms with Crippen molar-refractivity contribution in [1.29, 1.82) is 0 Å². The molecular formula is C20H24N2O3. The third-order valence-electron chi connectivity index (χ3n) is 3.97. The van der Waals surface area contributed by atoms with Gasteiger partial charge in [0.1, 0.15) is 0 Å². The predicted molar refractivity (Wildman–Crippen MR) is 97.4 cm³/mol. The fraction of sp³-hybridized carbons (Fsp3) is 0.350. The zero-order valence-electron chi connectivity index (χ0n) is 14.9. The van der Waals surface area contributed by atoms with E-state index in [-0.39, 0.29) is 24.8 Å². The summed E-state index contributed by atoms with van der Waals surface area (Å²) in [4.78, 5) is 29.9. The second-order valence-corrected chi connectivity index (χ2v) is 6.48. The highest BCUT2D eigenvalue weighted by molar-refractivity contribution is 5.97. The molecule has 0 saturated heterocycles. The first-order chi connectivity index (χ1) is 11.9. The molecule has 2 aromatic rings. The third-order valence-corrected chi connectivity index (χ3v) is 3.97. The standard InChI is InChI=1S/C20H24N2O3/c1-14(2)13-22(12-10-19(23)24)20(25)17-8-6-7-16(15(17)3)18-9-4-5-11-21-18/h4-9,11,14H,10,12-13H2,1-3H3,(H,23,24). The number of carboxylic acids is 1. The molecule has 25 heavy (non-hydrogen) atoms. The minimum absolute atomic E-state index is 0.0581. The summed E-state index contributed by atoms with van der Waals surface area (Å²) in [6.45, 7) is 6.66. The number of pyridine rings is 1. The van der Waals surface area contributed by atoms with Gasteiger partial charge in [-0.15, -0.1) is 0 Å². The lowest BCUT2D eigenvalue weighted by Gasteiger charge is -2.25. The Morgan fingerprint density at radius 1 is 1.16 bits per heavy atom. The van der Waals surface area contributed by atoms with Gasteiger partial charge in [0, 0.05) is 30.4 Å². The molecule has 0 aliphatic heterocycles. The minimum atomic E-state index is -0.902. The van der Waals surface area contributed by atoms with Crippen molar-refractivity contribution in [1.82, 2.24) is 9.88 Å². The van der Waals surface area contributed by atoms with E-state index in [4.69, 9.17) is 5.11 Å². The Morgan fingerprint density at radius 2 is 1.92 bits per heavy atom. The molecule has 0 fully saturated rings. The molecule has 2 rings (SSSR count). The molecule has 1 amide bonds. The molecule has 0 aliphatic carbocycles. The number of hydrogen-bond donors (Lipinski definition) is 1. The molecule has 0 saturated carbocycles. The number of nitrogens with zero attached hydrogens (tertiary/aromatic N) is 2. The summed E-state index contributed by atoms with van der Waals surface area (Å²) in [7, 11) is 0. The van der Waals surface area contributed by atoms with Gasteiger partial charge in [0.2, 0.25) is 0 Å². The number of carboxylic acid groups (broad SMARTS) is 1. The molecule has 132 valence electrons. The van der Waals surface area contributed by atoms with Crippen LogP contribution in [-0.4, -0.2) is 40.0 Å². The average molecular weight is 340 g/mol. The first-order valence-corrected chi connectivity index (χ1v) is 8.42. The maximum Gasteiger partial charge on any atom is 0.305 e. The van der Waals surface area contributed by atoms with E-state index >= 15 is 0 Å². The van der Waals surface area contributed by atoms with Crippen LogP contribution in [0.4, 0.5) is 0 Å². The van der Waals surface area contributed by atoms with Gasteiger partial charge in [-0.3, -0.25) is 14.6 Å². The molecule has 0 atom stereocenters. The van der Waals surface area contributed by atoms with E-state index < -0.39 is 5.97 Å². The molecule has 1 aromatic heterocycles. The molecule has 0 unspecified atom stereocenters. The summed E-state index contributed by atoms with van der Waals surface area (Å²) in [6.07, 6.45) is 1.67. The summed E-state index contributed by atoms with van der Waals surface area (Å²) in [5.41, 5.74) is 3.18. The van der Waals surface area contributed by atoms with E-state index in [2.05, 4.69) is 4.98 Å². The zero-order valence-corrected chi connectivity index (χ0v) is 14.9. The van der Waals surface area contributed by atoms with Crippen molar-refractivity contribution < 1.29 is 14.7 Å². The van der Waals surface area contributed by atoms with E-state index in [0.717, 1.165) is 16.8 Å². The summed E-state index contributed by atoms with van der Waals surface area (Å²) in [6, 6.07) is 11.2. The SMILES string of the molecule is Cc1c(C(=O)N(CCC(=O)O)CC(C)C)cccc1-c1ccccn1. The Labute approximate surface area is 148 Å². The molecule has 1 N–H and O–H groups in total. The topological polar surface area (TPSA) is 70.5 Å². The molecule has 5 nitrogen and oxygen atoms in total. The Bertz CT molecular complexity index is 742. The fourth-order valence-corrected chi connectivity index (χ4v) is 2.78. The lowest BCUT2D eigenvalue weighted by molar-refractivity contribution is -0.137.